The molecular weight excluding hydrogens is 243 g/mol. The molecule has 1 aromatic heterocycles. The minimum Gasteiger partial charge on any atom is -0.461 e. The van der Waals surface area contributed by atoms with Crippen LogP contribution in [0.1, 0.15) is 13.8 Å². The zero-order valence-corrected chi connectivity index (χ0v) is 10.7. The number of benzene rings is 1. The van der Waals surface area contributed by atoms with Crippen molar-refractivity contribution < 1.29 is 9.13 Å². The number of ether oxygens (including phenoxy) is 1. The maximum atomic E-state index is 13.7. The summed E-state index contributed by atoms with van der Waals surface area (Å²) in [6.45, 7) is 3.56. The molecule has 1 aromatic carbocycles. The molecule has 0 spiro atoms. The topological polar surface area (TPSA) is 35.0 Å². The highest BCUT2D eigenvalue weighted by molar-refractivity contribution is 5.60. The van der Waals surface area contributed by atoms with Crippen molar-refractivity contribution in [2.24, 2.45) is 0 Å². The third kappa shape index (κ3) is 3.29. The number of nitrogens with zero attached hydrogens (tertiary/aromatic N) is 2. The lowest BCUT2D eigenvalue weighted by atomic mass is 10.1. The molecule has 0 amide bonds. The number of halogens is 1. The largest absolute Gasteiger partial charge is 0.461 e. The highest BCUT2D eigenvalue weighted by atomic mass is 19.1. The van der Waals surface area contributed by atoms with E-state index in [-0.39, 0.29) is 11.9 Å². The van der Waals surface area contributed by atoms with Gasteiger partial charge in [-0.05, 0) is 26.0 Å². The van der Waals surface area contributed by atoms with E-state index in [1.54, 1.807) is 31.2 Å². The Hall–Kier alpha value is -2.41. The lowest BCUT2D eigenvalue weighted by molar-refractivity contribution is 0.267. The van der Waals surface area contributed by atoms with Crippen LogP contribution >= 0.6 is 0 Å². The highest BCUT2D eigenvalue weighted by Crippen LogP contribution is 2.22. The van der Waals surface area contributed by atoms with Crippen molar-refractivity contribution in [3.63, 3.8) is 0 Å². The minimum absolute atomic E-state index is 0.270. The first-order valence-corrected chi connectivity index (χ1v) is 5.86. The standard InChI is InChI=1S/C15H13FN2O/c1-3-6-11(2)19-15-9-14(17-10-18-15)12-7-4-5-8-13(12)16/h4-5,7-11H,1-2H3. The average Bonchev–Trinajstić information content (AvgIpc) is 2.40. The fraction of sp³-hybridized carbons (Fsp3) is 0.200. The van der Waals surface area contributed by atoms with Crippen molar-refractivity contribution in [2.45, 2.75) is 20.0 Å². The molecule has 0 aliphatic rings. The molecule has 3 nitrogen and oxygen atoms in total. The third-order valence-electron chi connectivity index (χ3n) is 2.44. The summed E-state index contributed by atoms with van der Waals surface area (Å²) in [4.78, 5) is 8.05. The molecule has 0 aliphatic heterocycles. The van der Waals surface area contributed by atoms with E-state index in [1.807, 2.05) is 6.92 Å². The van der Waals surface area contributed by atoms with Gasteiger partial charge < -0.3 is 4.74 Å². The van der Waals surface area contributed by atoms with Crippen LogP contribution in [0, 0.1) is 17.7 Å². The van der Waals surface area contributed by atoms with Crippen LogP contribution in [0.2, 0.25) is 0 Å². The van der Waals surface area contributed by atoms with Crippen LogP contribution in [0.5, 0.6) is 5.88 Å². The summed E-state index contributed by atoms with van der Waals surface area (Å²) in [5.74, 6) is 5.68. The number of aromatic nitrogens is 2. The fourth-order valence-corrected chi connectivity index (χ4v) is 1.63. The Bertz CT molecular complexity index is 631. The van der Waals surface area contributed by atoms with E-state index in [9.17, 15) is 4.39 Å². The van der Waals surface area contributed by atoms with E-state index in [2.05, 4.69) is 21.8 Å². The average molecular weight is 256 g/mol. The zero-order chi connectivity index (χ0) is 13.7. The van der Waals surface area contributed by atoms with Gasteiger partial charge in [-0.1, -0.05) is 18.1 Å². The predicted molar refractivity (Wildman–Crippen MR) is 71.0 cm³/mol. The third-order valence-corrected chi connectivity index (χ3v) is 2.44. The predicted octanol–water partition coefficient (Wildman–Crippen LogP) is 3.07. The SMILES string of the molecule is CC#CC(C)Oc1cc(-c2ccccc2F)ncn1. The van der Waals surface area contributed by atoms with Gasteiger partial charge in [0.1, 0.15) is 12.1 Å². The van der Waals surface area contributed by atoms with Crippen LogP contribution < -0.4 is 4.74 Å². The molecule has 2 rings (SSSR count). The van der Waals surface area contributed by atoms with E-state index < -0.39 is 0 Å². The Balaban J connectivity index is 2.29. The van der Waals surface area contributed by atoms with Crippen LogP contribution in [0.15, 0.2) is 36.7 Å². The molecule has 0 fully saturated rings. The van der Waals surface area contributed by atoms with Gasteiger partial charge in [0.15, 0.2) is 6.10 Å². The normalized spacial score (nSPS) is 11.3. The molecule has 0 N–H and O–H groups in total. The summed E-state index contributed by atoms with van der Waals surface area (Å²) in [5.41, 5.74) is 0.906. The Morgan fingerprint density at radius 2 is 2.05 bits per heavy atom. The zero-order valence-electron chi connectivity index (χ0n) is 10.7. The second kappa shape index (κ2) is 5.96. The summed E-state index contributed by atoms with van der Waals surface area (Å²) in [7, 11) is 0. The molecule has 1 atom stereocenters. The Morgan fingerprint density at radius 3 is 2.79 bits per heavy atom. The van der Waals surface area contributed by atoms with E-state index >= 15 is 0 Å². The lowest BCUT2D eigenvalue weighted by Gasteiger charge is -2.09. The Kier molecular flexibility index (Phi) is 4.09. The van der Waals surface area contributed by atoms with E-state index in [0.29, 0.717) is 17.1 Å². The molecule has 4 heteroatoms. The van der Waals surface area contributed by atoms with Crippen molar-refractivity contribution in [3.8, 4) is 29.0 Å². The first kappa shape index (κ1) is 13.0. The number of rotatable bonds is 3. The van der Waals surface area contributed by atoms with Crippen LogP contribution in [0.4, 0.5) is 4.39 Å². The van der Waals surface area contributed by atoms with Crippen molar-refractivity contribution in [3.05, 3.63) is 42.5 Å². The van der Waals surface area contributed by atoms with Gasteiger partial charge in [0, 0.05) is 11.6 Å². The van der Waals surface area contributed by atoms with Crippen LogP contribution in [0.25, 0.3) is 11.3 Å². The van der Waals surface area contributed by atoms with Crippen LogP contribution in [-0.2, 0) is 0 Å². The van der Waals surface area contributed by atoms with E-state index in [4.69, 9.17) is 4.74 Å². The summed E-state index contributed by atoms with van der Waals surface area (Å²) < 4.78 is 19.2. The molecule has 2 aromatic rings. The molecule has 0 saturated heterocycles. The Morgan fingerprint density at radius 1 is 1.26 bits per heavy atom. The molecule has 0 aliphatic carbocycles. The van der Waals surface area contributed by atoms with Gasteiger partial charge in [0.25, 0.3) is 0 Å². The fourth-order valence-electron chi connectivity index (χ4n) is 1.63. The lowest BCUT2D eigenvalue weighted by Crippen LogP contribution is -2.09. The molecule has 0 radical (unpaired) electrons. The van der Waals surface area contributed by atoms with Crippen molar-refractivity contribution in [1.29, 1.82) is 0 Å². The maximum Gasteiger partial charge on any atom is 0.218 e. The van der Waals surface area contributed by atoms with Gasteiger partial charge in [0.2, 0.25) is 5.88 Å². The number of hydrogen-bond acceptors (Lipinski definition) is 3. The molecule has 1 heterocycles. The number of hydrogen-bond donors (Lipinski definition) is 0. The van der Waals surface area contributed by atoms with Gasteiger partial charge in [-0.25, -0.2) is 14.4 Å². The molecule has 0 saturated carbocycles. The minimum atomic E-state index is -0.325. The van der Waals surface area contributed by atoms with Gasteiger partial charge >= 0.3 is 0 Å². The molecule has 19 heavy (non-hydrogen) atoms. The van der Waals surface area contributed by atoms with Crippen molar-refractivity contribution in [2.75, 3.05) is 0 Å². The smallest absolute Gasteiger partial charge is 0.218 e. The van der Waals surface area contributed by atoms with Crippen LogP contribution in [0.3, 0.4) is 0 Å². The second-order valence-electron chi connectivity index (χ2n) is 3.88. The second-order valence-corrected chi connectivity index (χ2v) is 3.88. The van der Waals surface area contributed by atoms with Gasteiger partial charge in [-0.3, -0.25) is 0 Å². The molecule has 96 valence electrons. The molecule has 0 bridgehead atoms. The van der Waals surface area contributed by atoms with Crippen molar-refractivity contribution >= 4 is 0 Å². The van der Waals surface area contributed by atoms with Gasteiger partial charge in [0.05, 0.1) is 5.69 Å². The maximum absolute atomic E-state index is 13.7. The molecule has 1 unspecified atom stereocenters. The van der Waals surface area contributed by atoms with Crippen LogP contribution in [-0.4, -0.2) is 16.1 Å². The summed E-state index contributed by atoms with van der Waals surface area (Å²) in [6, 6.07) is 8.05. The first-order chi connectivity index (χ1) is 9.20. The summed E-state index contributed by atoms with van der Waals surface area (Å²) >= 11 is 0. The van der Waals surface area contributed by atoms with E-state index in [1.165, 1.54) is 12.4 Å². The quantitative estimate of drug-likeness (QED) is 0.792. The highest BCUT2D eigenvalue weighted by Gasteiger charge is 2.08. The Labute approximate surface area is 111 Å². The summed E-state index contributed by atoms with van der Waals surface area (Å²) in [6.07, 6.45) is 1.08. The molecular formula is C15H13FN2O. The van der Waals surface area contributed by atoms with E-state index in [0.717, 1.165) is 0 Å². The summed E-state index contributed by atoms with van der Waals surface area (Å²) in [5, 5.41) is 0. The van der Waals surface area contributed by atoms with Crippen molar-refractivity contribution in [1.82, 2.24) is 9.97 Å². The monoisotopic (exact) mass is 256 g/mol. The first-order valence-electron chi connectivity index (χ1n) is 5.86. The van der Waals surface area contributed by atoms with Gasteiger partial charge in [-0.15, -0.1) is 5.92 Å². The van der Waals surface area contributed by atoms with Gasteiger partial charge in [-0.2, -0.15) is 0 Å².